The van der Waals surface area contributed by atoms with Crippen LogP contribution >= 0.6 is 0 Å². The first-order chi connectivity index (χ1) is 18.3. The number of ether oxygens (including phenoxy) is 4. The van der Waals surface area contributed by atoms with E-state index in [0.29, 0.717) is 19.8 Å². The number of benzene rings is 3. The molecule has 7 nitrogen and oxygen atoms in total. The summed E-state index contributed by atoms with van der Waals surface area (Å²) in [6, 6.07) is 16.5. The van der Waals surface area contributed by atoms with Gasteiger partial charge in [0.1, 0.15) is 23.9 Å². The summed E-state index contributed by atoms with van der Waals surface area (Å²) in [5, 5.41) is 12.8. The second kappa shape index (κ2) is 9.55. The second-order valence-corrected chi connectivity index (χ2v) is 11.1. The Hall–Kier alpha value is -3.71. The first-order valence-electron chi connectivity index (χ1n) is 13.1. The lowest BCUT2D eigenvalue weighted by molar-refractivity contribution is -0.137. The Balaban J connectivity index is 1.22. The van der Waals surface area contributed by atoms with Crippen molar-refractivity contribution < 1.29 is 28.8 Å². The molecule has 3 aliphatic heterocycles. The van der Waals surface area contributed by atoms with Crippen LogP contribution in [0.2, 0.25) is 0 Å². The molecule has 0 amide bonds. The minimum atomic E-state index is -0.810. The van der Waals surface area contributed by atoms with Crippen LogP contribution in [0.3, 0.4) is 0 Å². The van der Waals surface area contributed by atoms with Crippen LogP contribution in [0.5, 0.6) is 17.2 Å². The minimum absolute atomic E-state index is 0.00659. The van der Waals surface area contributed by atoms with E-state index in [0.717, 1.165) is 64.0 Å². The zero-order chi connectivity index (χ0) is 26.4. The van der Waals surface area contributed by atoms with E-state index >= 15 is 0 Å². The van der Waals surface area contributed by atoms with E-state index in [1.807, 2.05) is 18.2 Å². The van der Waals surface area contributed by atoms with Gasteiger partial charge in [0.05, 0.1) is 38.9 Å². The van der Waals surface area contributed by atoms with Gasteiger partial charge in [0.2, 0.25) is 0 Å². The number of carbonyl (C=O) groups is 1. The van der Waals surface area contributed by atoms with Gasteiger partial charge in [-0.05, 0) is 48.7 Å². The van der Waals surface area contributed by atoms with Gasteiger partial charge in [0.25, 0.3) is 0 Å². The predicted molar refractivity (Wildman–Crippen MR) is 145 cm³/mol. The summed E-state index contributed by atoms with van der Waals surface area (Å²) in [4.78, 5) is 11.2. The van der Waals surface area contributed by atoms with E-state index < -0.39 is 5.97 Å². The molecule has 3 heterocycles. The van der Waals surface area contributed by atoms with Crippen molar-refractivity contribution in [2.24, 2.45) is 5.41 Å². The van der Waals surface area contributed by atoms with Crippen molar-refractivity contribution in [3.8, 4) is 28.4 Å². The zero-order valence-electron chi connectivity index (χ0n) is 22.0. The molecular formula is C31H33NO6. The third-order valence-corrected chi connectivity index (χ3v) is 7.73. The van der Waals surface area contributed by atoms with E-state index in [4.69, 9.17) is 24.1 Å². The number of rotatable bonds is 8. The summed E-state index contributed by atoms with van der Waals surface area (Å²) in [5.74, 6) is 1.63. The summed E-state index contributed by atoms with van der Waals surface area (Å²) in [5.41, 5.74) is 7.64. The summed E-state index contributed by atoms with van der Waals surface area (Å²) >= 11 is 0. The molecule has 1 fully saturated rings. The fourth-order valence-corrected chi connectivity index (χ4v) is 5.73. The van der Waals surface area contributed by atoms with Crippen molar-refractivity contribution in [2.45, 2.75) is 39.2 Å². The van der Waals surface area contributed by atoms with Gasteiger partial charge in [-0.25, -0.2) is 0 Å². The molecule has 0 aromatic heterocycles. The molecule has 0 saturated carbocycles. The van der Waals surface area contributed by atoms with Crippen LogP contribution in [-0.2, 0) is 9.53 Å². The quantitative estimate of drug-likeness (QED) is 0.387. The highest BCUT2D eigenvalue weighted by atomic mass is 16.5. The molecule has 0 unspecified atom stereocenters. The van der Waals surface area contributed by atoms with Gasteiger partial charge in [-0.1, -0.05) is 31.2 Å². The maximum absolute atomic E-state index is 11.2. The van der Waals surface area contributed by atoms with Crippen LogP contribution in [0.1, 0.15) is 47.6 Å². The van der Waals surface area contributed by atoms with Crippen molar-refractivity contribution in [3.05, 3.63) is 70.8 Å². The number of hydrogen-bond acceptors (Lipinski definition) is 6. The first kappa shape index (κ1) is 24.6. The Bertz CT molecular complexity index is 1370. The smallest absolute Gasteiger partial charge is 0.304 e. The summed E-state index contributed by atoms with van der Waals surface area (Å²) in [6.07, 6.45) is 0.0761. The summed E-state index contributed by atoms with van der Waals surface area (Å²) in [7, 11) is 0. The summed E-state index contributed by atoms with van der Waals surface area (Å²) < 4.78 is 23.6. The molecule has 2 N–H and O–H groups in total. The fraction of sp³-hybridized carbons (Fsp3) is 0.387. The average molecular weight is 516 g/mol. The molecule has 0 aliphatic carbocycles. The third kappa shape index (κ3) is 4.56. The normalized spacial score (nSPS) is 20.5. The van der Waals surface area contributed by atoms with E-state index in [1.165, 1.54) is 5.56 Å². The van der Waals surface area contributed by atoms with Gasteiger partial charge in [0, 0.05) is 39.8 Å². The Morgan fingerprint density at radius 1 is 1.05 bits per heavy atom. The summed E-state index contributed by atoms with van der Waals surface area (Å²) in [6.45, 7) is 9.49. The third-order valence-electron chi connectivity index (χ3n) is 7.73. The molecule has 3 aromatic rings. The first-order valence-corrected chi connectivity index (χ1v) is 13.1. The van der Waals surface area contributed by atoms with Gasteiger partial charge >= 0.3 is 5.97 Å². The number of carboxylic acids is 1. The number of para-hydroxylation sites is 1. The van der Waals surface area contributed by atoms with Crippen molar-refractivity contribution in [1.82, 2.24) is 0 Å². The molecule has 198 valence electrons. The van der Waals surface area contributed by atoms with Crippen molar-refractivity contribution in [2.75, 3.05) is 38.4 Å². The largest absolute Gasteiger partial charge is 0.493 e. The fourth-order valence-electron chi connectivity index (χ4n) is 5.73. The van der Waals surface area contributed by atoms with Crippen LogP contribution < -0.4 is 19.5 Å². The van der Waals surface area contributed by atoms with Gasteiger partial charge < -0.3 is 29.4 Å². The average Bonchev–Trinajstić information content (AvgIpc) is 3.45. The van der Waals surface area contributed by atoms with Crippen LogP contribution in [0, 0.1) is 19.3 Å². The van der Waals surface area contributed by atoms with Gasteiger partial charge in [-0.3, -0.25) is 4.79 Å². The number of carboxylic acid groups (broad SMARTS) is 1. The van der Waals surface area contributed by atoms with Gasteiger partial charge in [-0.15, -0.1) is 0 Å². The number of fused-ring (bicyclic) bond motifs is 2. The molecule has 0 bridgehead atoms. The second-order valence-electron chi connectivity index (χ2n) is 11.1. The Morgan fingerprint density at radius 3 is 2.55 bits per heavy atom. The van der Waals surface area contributed by atoms with Crippen molar-refractivity contribution in [3.63, 3.8) is 0 Å². The number of aliphatic carboxylic acids is 1. The zero-order valence-corrected chi connectivity index (χ0v) is 22.0. The lowest BCUT2D eigenvalue weighted by Crippen LogP contribution is -2.44. The van der Waals surface area contributed by atoms with E-state index in [1.54, 1.807) is 0 Å². The number of aryl methyl sites for hydroxylation is 2. The molecule has 7 heteroatoms. The number of nitrogens with one attached hydrogen (secondary N) is 1. The van der Waals surface area contributed by atoms with Gasteiger partial charge in [0.15, 0.2) is 0 Å². The van der Waals surface area contributed by atoms with Crippen LogP contribution in [0.15, 0.2) is 48.5 Å². The molecule has 38 heavy (non-hydrogen) atoms. The lowest BCUT2D eigenvalue weighted by Gasteiger charge is -2.37. The topological polar surface area (TPSA) is 86.3 Å². The Morgan fingerprint density at radius 2 is 1.84 bits per heavy atom. The minimum Gasteiger partial charge on any atom is -0.493 e. The lowest BCUT2D eigenvalue weighted by atomic mass is 9.90. The van der Waals surface area contributed by atoms with E-state index in [-0.39, 0.29) is 23.8 Å². The SMILES string of the molecule is Cc1cc(OCC2(C)COC2)cc(C)c1-c1cccc2c1OC[C@H]2Nc1ccc2c(c1)OC[C@H]2CC(=O)O. The highest BCUT2D eigenvalue weighted by Crippen LogP contribution is 2.45. The predicted octanol–water partition coefficient (Wildman–Crippen LogP) is 5.88. The molecule has 3 aromatic carbocycles. The van der Waals surface area contributed by atoms with Crippen molar-refractivity contribution >= 4 is 11.7 Å². The molecule has 0 spiro atoms. The Kier molecular flexibility index (Phi) is 6.19. The molecule has 1 saturated heterocycles. The van der Waals surface area contributed by atoms with Gasteiger partial charge in [-0.2, -0.15) is 0 Å². The van der Waals surface area contributed by atoms with Crippen LogP contribution in [-0.4, -0.2) is 44.1 Å². The maximum Gasteiger partial charge on any atom is 0.304 e. The maximum atomic E-state index is 11.2. The van der Waals surface area contributed by atoms with E-state index in [2.05, 4.69) is 56.4 Å². The molecule has 0 radical (unpaired) electrons. The standard InChI is InChI=1S/C31H33NO6/c1-18-9-22(38-17-31(3)15-35-16-31)10-19(2)29(18)25-6-4-5-24-26(14-37-30(24)25)32-21-7-8-23-20(11-28(33)34)13-36-27(23)12-21/h4-10,12,20,26,32H,11,13-17H2,1-3H3,(H,33,34)/t20-,26-/m1/s1. The number of hydrogen-bond donors (Lipinski definition) is 2. The number of anilines is 1. The molecule has 3 aliphatic rings. The monoisotopic (exact) mass is 515 g/mol. The Labute approximate surface area is 222 Å². The highest BCUT2D eigenvalue weighted by molar-refractivity contribution is 5.79. The van der Waals surface area contributed by atoms with Crippen molar-refractivity contribution in [1.29, 1.82) is 0 Å². The molecule has 6 rings (SSSR count). The highest BCUT2D eigenvalue weighted by Gasteiger charge is 2.34. The van der Waals surface area contributed by atoms with E-state index in [9.17, 15) is 4.79 Å². The molecule has 2 atom stereocenters. The molecular weight excluding hydrogens is 482 g/mol. The van der Waals surface area contributed by atoms with Crippen LogP contribution in [0.4, 0.5) is 5.69 Å². The van der Waals surface area contributed by atoms with Crippen LogP contribution in [0.25, 0.3) is 11.1 Å².